The molecule has 0 radical (unpaired) electrons. The van der Waals surface area contributed by atoms with Gasteiger partial charge in [0.25, 0.3) is 0 Å². The maximum absolute atomic E-state index is 10.7. The first-order valence-electron chi connectivity index (χ1n) is 12.6. The molecule has 1 fully saturated rings. The molecule has 196 valence electrons. The van der Waals surface area contributed by atoms with Gasteiger partial charge in [-0.15, -0.1) is 11.3 Å². The normalized spacial score (nSPS) is 21.7. The highest BCUT2D eigenvalue weighted by Crippen LogP contribution is 2.41. The number of rotatable bonds is 12. The zero-order valence-electron chi connectivity index (χ0n) is 21.0. The maximum Gasteiger partial charge on any atom is 0.226 e. The molecule has 11 heteroatoms. The monoisotopic (exact) mass is 516 g/mol. The summed E-state index contributed by atoms with van der Waals surface area (Å²) in [6.07, 6.45) is -1.63. The number of aromatic nitrogens is 3. The third-order valence-corrected chi connectivity index (χ3v) is 7.61. The topological polar surface area (TPSA) is 136 Å². The SMILES string of the molecule is CCOCCNc1nc(N[C@@H]2C[C@H](CO)[C@@H](O)[C@H]2O)c(-c2nc3ccccc3s2)c(N(CC)CC)n1. The molecule has 10 nitrogen and oxygen atoms in total. The van der Waals surface area contributed by atoms with Gasteiger partial charge in [0, 0.05) is 38.8 Å². The Bertz CT molecular complexity index is 1110. The summed E-state index contributed by atoms with van der Waals surface area (Å²) in [6, 6.07) is 7.48. The van der Waals surface area contributed by atoms with Crippen LogP contribution in [0.1, 0.15) is 27.2 Å². The predicted molar refractivity (Wildman–Crippen MR) is 144 cm³/mol. The Kier molecular flexibility index (Phi) is 8.91. The Labute approximate surface area is 215 Å². The standard InChI is InChI=1S/C25H36N6O4S/c1-4-31(5-2)23-19(24-28-16-9-7-8-10-18(16)36-24)22(29-25(30-23)26-11-12-35-6-3)27-17-13-15(14-32)20(33)21(17)34/h7-10,15,17,20-21,32-34H,4-6,11-14H2,1-3H3,(H2,26,27,29,30)/t15-,17-,20-,21+/m1/s1. The lowest BCUT2D eigenvalue weighted by Gasteiger charge is -2.26. The molecule has 0 saturated heterocycles. The van der Waals surface area contributed by atoms with Crippen LogP contribution >= 0.6 is 11.3 Å². The largest absolute Gasteiger partial charge is 0.396 e. The number of anilines is 3. The third-order valence-electron chi connectivity index (χ3n) is 6.55. The van der Waals surface area contributed by atoms with E-state index in [1.165, 1.54) is 0 Å². The van der Waals surface area contributed by atoms with Crippen molar-refractivity contribution in [3.8, 4) is 10.6 Å². The van der Waals surface area contributed by atoms with Gasteiger partial charge in [0.05, 0.1) is 34.5 Å². The van der Waals surface area contributed by atoms with Gasteiger partial charge in [-0.25, -0.2) is 4.98 Å². The summed E-state index contributed by atoms with van der Waals surface area (Å²) in [5.41, 5.74) is 1.65. The van der Waals surface area contributed by atoms with Gasteiger partial charge < -0.3 is 35.6 Å². The number of aliphatic hydroxyl groups is 3. The molecule has 2 heterocycles. The van der Waals surface area contributed by atoms with Crippen molar-refractivity contribution in [1.82, 2.24) is 15.0 Å². The van der Waals surface area contributed by atoms with Crippen LogP contribution in [0.15, 0.2) is 24.3 Å². The van der Waals surface area contributed by atoms with Crippen LogP contribution in [0, 0.1) is 5.92 Å². The second kappa shape index (κ2) is 12.1. The zero-order valence-corrected chi connectivity index (χ0v) is 21.8. The molecule has 0 bridgehead atoms. The fourth-order valence-electron chi connectivity index (χ4n) is 4.56. The van der Waals surface area contributed by atoms with Crippen LogP contribution in [0.25, 0.3) is 20.8 Å². The van der Waals surface area contributed by atoms with Crippen LogP contribution in [-0.4, -0.2) is 88.0 Å². The molecule has 4 rings (SSSR count). The summed E-state index contributed by atoms with van der Waals surface area (Å²) in [4.78, 5) is 16.7. The molecule has 4 atom stereocenters. The number of para-hydroxylation sites is 1. The molecule has 1 aromatic carbocycles. The fraction of sp³-hybridized carbons (Fsp3) is 0.560. The molecule has 5 N–H and O–H groups in total. The lowest BCUT2D eigenvalue weighted by molar-refractivity contribution is 0.00446. The number of fused-ring (bicyclic) bond motifs is 1. The van der Waals surface area contributed by atoms with Gasteiger partial charge in [-0.2, -0.15) is 9.97 Å². The average Bonchev–Trinajstić information content (AvgIpc) is 3.43. The molecule has 1 saturated carbocycles. The summed E-state index contributed by atoms with van der Waals surface area (Å²) in [5, 5.41) is 38.2. The molecule has 0 aliphatic heterocycles. The molecule has 1 aliphatic rings. The highest BCUT2D eigenvalue weighted by atomic mass is 32.1. The summed E-state index contributed by atoms with van der Waals surface area (Å²) in [7, 11) is 0. The lowest BCUT2D eigenvalue weighted by atomic mass is 10.1. The first-order valence-corrected chi connectivity index (χ1v) is 13.4. The van der Waals surface area contributed by atoms with Gasteiger partial charge in [0.15, 0.2) is 0 Å². The van der Waals surface area contributed by atoms with Crippen molar-refractivity contribution < 1.29 is 20.1 Å². The molecule has 0 unspecified atom stereocenters. The van der Waals surface area contributed by atoms with Crippen LogP contribution in [-0.2, 0) is 4.74 Å². The lowest BCUT2D eigenvalue weighted by Crippen LogP contribution is -2.36. The summed E-state index contributed by atoms with van der Waals surface area (Å²) >= 11 is 1.56. The molecule has 36 heavy (non-hydrogen) atoms. The van der Waals surface area contributed by atoms with E-state index < -0.39 is 24.2 Å². The molecule has 0 spiro atoms. The molecule has 2 aromatic heterocycles. The highest BCUT2D eigenvalue weighted by molar-refractivity contribution is 7.21. The second-order valence-electron chi connectivity index (χ2n) is 8.79. The van der Waals surface area contributed by atoms with Gasteiger partial charge in [0.2, 0.25) is 5.95 Å². The Morgan fingerprint density at radius 2 is 1.86 bits per heavy atom. The number of nitrogens with zero attached hydrogens (tertiary/aromatic N) is 4. The van der Waals surface area contributed by atoms with E-state index in [0.717, 1.165) is 39.7 Å². The van der Waals surface area contributed by atoms with Crippen molar-refractivity contribution in [2.24, 2.45) is 5.92 Å². The number of hydrogen-bond acceptors (Lipinski definition) is 11. The van der Waals surface area contributed by atoms with Gasteiger partial charge in [-0.1, -0.05) is 12.1 Å². The van der Waals surface area contributed by atoms with Crippen molar-refractivity contribution in [3.05, 3.63) is 24.3 Å². The van der Waals surface area contributed by atoms with Crippen LogP contribution < -0.4 is 15.5 Å². The Balaban J connectivity index is 1.82. The molecular weight excluding hydrogens is 480 g/mol. The van der Waals surface area contributed by atoms with Crippen LogP contribution in [0.3, 0.4) is 0 Å². The third kappa shape index (κ3) is 5.55. The van der Waals surface area contributed by atoms with Crippen molar-refractivity contribution in [3.63, 3.8) is 0 Å². The van der Waals surface area contributed by atoms with E-state index in [-0.39, 0.29) is 6.61 Å². The number of ether oxygens (including phenoxy) is 1. The van der Waals surface area contributed by atoms with E-state index in [0.29, 0.717) is 37.9 Å². The Morgan fingerprint density at radius 3 is 2.53 bits per heavy atom. The van der Waals surface area contributed by atoms with Crippen molar-refractivity contribution in [2.75, 3.05) is 55.0 Å². The summed E-state index contributed by atoms with van der Waals surface area (Å²) in [5.74, 6) is 1.30. The predicted octanol–water partition coefficient (Wildman–Crippen LogP) is 2.56. The van der Waals surface area contributed by atoms with Gasteiger partial charge in [-0.05, 0) is 39.3 Å². The van der Waals surface area contributed by atoms with Gasteiger partial charge in [-0.3, -0.25) is 0 Å². The maximum atomic E-state index is 10.7. The first-order chi connectivity index (χ1) is 17.5. The number of nitrogens with one attached hydrogen (secondary N) is 2. The van der Waals surface area contributed by atoms with Crippen LogP contribution in [0.2, 0.25) is 0 Å². The smallest absolute Gasteiger partial charge is 0.226 e. The van der Waals surface area contributed by atoms with Crippen molar-refractivity contribution in [1.29, 1.82) is 0 Å². The summed E-state index contributed by atoms with van der Waals surface area (Å²) in [6.45, 7) is 9.07. The van der Waals surface area contributed by atoms with Crippen molar-refractivity contribution >= 4 is 39.1 Å². The average molecular weight is 517 g/mol. The van der Waals surface area contributed by atoms with E-state index in [1.807, 2.05) is 31.2 Å². The van der Waals surface area contributed by atoms with Gasteiger partial charge >= 0.3 is 0 Å². The Morgan fingerprint density at radius 1 is 1.08 bits per heavy atom. The minimum absolute atomic E-state index is 0.195. The number of aliphatic hydroxyl groups excluding tert-OH is 3. The highest BCUT2D eigenvalue weighted by Gasteiger charge is 2.41. The summed E-state index contributed by atoms with van der Waals surface area (Å²) < 4.78 is 6.51. The Hall–Kier alpha value is -2.57. The minimum Gasteiger partial charge on any atom is -0.396 e. The minimum atomic E-state index is -1.04. The molecule has 1 aliphatic carbocycles. The first kappa shape index (κ1) is 26.5. The van der Waals surface area contributed by atoms with E-state index >= 15 is 0 Å². The van der Waals surface area contributed by atoms with E-state index in [2.05, 4.69) is 29.4 Å². The number of hydrogen-bond donors (Lipinski definition) is 5. The van der Waals surface area contributed by atoms with E-state index in [9.17, 15) is 15.3 Å². The fourth-order valence-corrected chi connectivity index (χ4v) is 5.57. The van der Waals surface area contributed by atoms with Crippen LogP contribution in [0.5, 0.6) is 0 Å². The van der Waals surface area contributed by atoms with Crippen LogP contribution in [0.4, 0.5) is 17.6 Å². The van der Waals surface area contributed by atoms with E-state index in [4.69, 9.17) is 19.7 Å². The molecular formula is C25H36N6O4S. The van der Waals surface area contributed by atoms with E-state index in [1.54, 1.807) is 11.3 Å². The molecule has 3 aromatic rings. The number of thiazole rings is 1. The number of benzene rings is 1. The zero-order chi connectivity index (χ0) is 25.7. The second-order valence-corrected chi connectivity index (χ2v) is 9.82. The molecule has 0 amide bonds. The van der Waals surface area contributed by atoms with Gasteiger partial charge in [0.1, 0.15) is 22.7 Å². The quantitative estimate of drug-likeness (QED) is 0.229. The van der Waals surface area contributed by atoms with Crippen molar-refractivity contribution in [2.45, 2.75) is 45.4 Å².